The standard InChI is InChI=1S/C15H16F3N3O3/c1-21-13(23)6-5-11(20-21)14(24)19-12(8-22)9-3-2-4-10(7-9)15(16,17)18/h2-4,7,12,22H,5-6,8H2,1H3,(H,19,24). The normalized spacial score (nSPS) is 16.6. The van der Waals surface area contributed by atoms with E-state index in [1.807, 2.05) is 0 Å². The second-order valence-corrected chi connectivity index (χ2v) is 5.30. The van der Waals surface area contributed by atoms with Gasteiger partial charge >= 0.3 is 6.18 Å². The van der Waals surface area contributed by atoms with Crippen molar-refractivity contribution >= 4 is 17.5 Å². The van der Waals surface area contributed by atoms with E-state index in [2.05, 4.69) is 10.4 Å². The maximum Gasteiger partial charge on any atom is 0.416 e. The molecule has 0 aliphatic carbocycles. The van der Waals surface area contributed by atoms with Crippen LogP contribution in [-0.2, 0) is 15.8 Å². The molecular formula is C15H16F3N3O3. The second kappa shape index (κ2) is 7.00. The van der Waals surface area contributed by atoms with Crippen LogP contribution in [0.15, 0.2) is 29.4 Å². The third kappa shape index (κ3) is 4.10. The molecule has 1 aliphatic heterocycles. The van der Waals surface area contributed by atoms with Crippen LogP contribution in [0.5, 0.6) is 0 Å². The van der Waals surface area contributed by atoms with Crippen LogP contribution in [0.2, 0.25) is 0 Å². The number of aliphatic hydroxyl groups is 1. The molecule has 130 valence electrons. The number of rotatable bonds is 4. The van der Waals surface area contributed by atoms with Crippen molar-refractivity contribution in [2.75, 3.05) is 13.7 Å². The Morgan fingerprint density at radius 1 is 1.42 bits per heavy atom. The van der Waals surface area contributed by atoms with Gasteiger partial charge in [-0.15, -0.1) is 0 Å². The quantitative estimate of drug-likeness (QED) is 0.868. The first-order chi connectivity index (χ1) is 11.2. The van der Waals surface area contributed by atoms with Crippen molar-refractivity contribution in [3.8, 4) is 0 Å². The van der Waals surface area contributed by atoms with E-state index in [-0.39, 0.29) is 30.0 Å². The van der Waals surface area contributed by atoms with Crippen LogP contribution in [0, 0.1) is 0 Å². The highest BCUT2D eigenvalue weighted by molar-refractivity contribution is 6.39. The monoisotopic (exact) mass is 343 g/mol. The molecule has 9 heteroatoms. The fourth-order valence-electron chi connectivity index (χ4n) is 2.24. The van der Waals surface area contributed by atoms with E-state index in [1.54, 1.807) is 0 Å². The lowest BCUT2D eigenvalue weighted by molar-refractivity contribution is -0.137. The zero-order valence-corrected chi connectivity index (χ0v) is 12.8. The molecule has 0 radical (unpaired) electrons. The maximum atomic E-state index is 12.8. The summed E-state index contributed by atoms with van der Waals surface area (Å²) in [5.74, 6) is -0.867. The van der Waals surface area contributed by atoms with Gasteiger partial charge in [-0.25, -0.2) is 5.01 Å². The topological polar surface area (TPSA) is 82.0 Å². The van der Waals surface area contributed by atoms with Gasteiger partial charge in [0.05, 0.1) is 18.2 Å². The molecule has 0 aromatic heterocycles. The summed E-state index contributed by atoms with van der Waals surface area (Å²) in [7, 11) is 1.41. The minimum absolute atomic E-state index is 0.0857. The van der Waals surface area contributed by atoms with Crippen molar-refractivity contribution < 1.29 is 27.9 Å². The Bertz CT molecular complexity index is 673. The van der Waals surface area contributed by atoms with Crippen LogP contribution in [0.1, 0.15) is 30.0 Å². The molecule has 1 aliphatic rings. The predicted molar refractivity (Wildman–Crippen MR) is 78.9 cm³/mol. The van der Waals surface area contributed by atoms with Crippen molar-refractivity contribution in [1.82, 2.24) is 10.3 Å². The lowest BCUT2D eigenvalue weighted by atomic mass is 10.0. The highest BCUT2D eigenvalue weighted by Gasteiger charge is 2.31. The van der Waals surface area contributed by atoms with Crippen LogP contribution in [0.3, 0.4) is 0 Å². The Balaban J connectivity index is 2.17. The number of hydrogen-bond donors (Lipinski definition) is 2. The Hall–Kier alpha value is -2.42. The molecule has 0 saturated heterocycles. The van der Waals surface area contributed by atoms with Crippen molar-refractivity contribution in [2.24, 2.45) is 5.10 Å². The van der Waals surface area contributed by atoms with Crippen LogP contribution < -0.4 is 5.32 Å². The van der Waals surface area contributed by atoms with Crippen molar-refractivity contribution in [3.63, 3.8) is 0 Å². The number of benzene rings is 1. The molecule has 1 atom stereocenters. The molecule has 1 unspecified atom stereocenters. The van der Waals surface area contributed by atoms with Gasteiger partial charge in [-0.3, -0.25) is 9.59 Å². The van der Waals surface area contributed by atoms with Crippen molar-refractivity contribution in [3.05, 3.63) is 35.4 Å². The van der Waals surface area contributed by atoms with Gasteiger partial charge in [0.2, 0.25) is 5.91 Å². The van der Waals surface area contributed by atoms with Crippen LogP contribution >= 0.6 is 0 Å². The number of halogens is 3. The number of carbonyl (C=O) groups excluding carboxylic acids is 2. The molecule has 2 rings (SSSR count). The highest BCUT2D eigenvalue weighted by atomic mass is 19.4. The largest absolute Gasteiger partial charge is 0.416 e. The lowest BCUT2D eigenvalue weighted by Crippen LogP contribution is -2.40. The van der Waals surface area contributed by atoms with Gasteiger partial charge in [0.25, 0.3) is 5.91 Å². The highest BCUT2D eigenvalue weighted by Crippen LogP contribution is 2.30. The number of carbonyl (C=O) groups is 2. The van der Waals surface area contributed by atoms with E-state index in [1.165, 1.54) is 19.2 Å². The lowest BCUT2D eigenvalue weighted by Gasteiger charge is -2.22. The molecule has 1 heterocycles. The predicted octanol–water partition coefficient (Wildman–Crippen LogP) is 1.46. The zero-order chi connectivity index (χ0) is 17.9. The number of nitrogens with one attached hydrogen (secondary N) is 1. The molecule has 1 aromatic carbocycles. The molecule has 0 spiro atoms. The molecule has 2 amide bonds. The summed E-state index contributed by atoms with van der Waals surface area (Å²) < 4.78 is 38.3. The molecular weight excluding hydrogens is 327 g/mol. The maximum absolute atomic E-state index is 12.8. The van der Waals surface area contributed by atoms with E-state index < -0.39 is 30.3 Å². The number of hydrazone groups is 1. The van der Waals surface area contributed by atoms with E-state index in [0.717, 1.165) is 17.1 Å². The first kappa shape index (κ1) is 17.9. The Kier molecular flexibility index (Phi) is 5.23. The van der Waals surface area contributed by atoms with Gasteiger partial charge < -0.3 is 10.4 Å². The Morgan fingerprint density at radius 3 is 2.71 bits per heavy atom. The summed E-state index contributed by atoms with van der Waals surface area (Å²) in [6.45, 7) is -0.574. The van der Waals surface area contributed by atoms with Crippen LogP contribution in [0.4, 0.5) is 13.2 Å². The summed E-state index contributed by atoms with van der Waals surface area (Å²) in [5.41, 5.74) is -0.655. The fraction of sp³-hybridized carbons (Fsp3) is 0.400. The van der Waals surface area contributed by atoms with E-state index in [4.69, 9.17) is 0 Å². The molecule has 0 saturated carbocycles. The second-order valence-electron chi connectivity index (χ2n) is 5.30. The van der Waals surface area contributed by atoms with Gasteiger partial charge in [0.15, 0.2) is 0 Å². The first-order valence-electron chi connectivity index (χ1n) is 7.15. The number of alkyl halides is 3. The van der Waals surface area contributed by atoms with Crippen molar-refractivity contribution in [1.29, 1.82) is 0 Å². The summed E-state index contributed by atoms with van der Waals surface area (Å²) >= 11 is 0. The van der Waals surface area contributed by atoms with E-state index >= 15 is 0 Å². The molecule has 0 fully saturated rings. The molecule has 24 heavy (non-hydrogen) atoms. The average molecular weight is 343 g/mol. The fourth-order valence-corrected chi connectivity index (χ4v) is 2.24. The molecule has 6 nitrogen and oxygen atoms in total. The number of aliphatic hydroxyl groups excluding tert-OH is 1. The minimum Gasteiger partial charge on any atom is -0.394 e. The summed E-state index contributed by atoms with van der Waals surface area (Å²) in [6, 6.07) is 3.36. The third-order valence-electron chi connectivity index (χ3n) is 3.57. The van der Waals surface area contributed by atoms with Crippen LogP contribution in [-0.4, -0.2) is 41.3 Å². The Morgan fingerprint density at radius 2 is 2.12 bits per heavy atom. The van der Waals surface area contributed by atoms with E-state index in [0.29, 0.717) is 0 Å². The Labute approximate surface area is 135 Å². The summed E-state index contributed by atoms with van der Waals surface area (Å²) in [6.07, 6.45) is -4.26. The third-order valence-corrected chi connectivity index (χ3v) is 3.57. The van der Waals surface area contributed by atoms with Gasteiger partial charge in [-0.1, -0.05) is 12.1 Å². The van der Waals surface area contributed by atoms with Gasteiger partial charge in [0, 0.05) is 19.9 Å². The van der Waals surface area contributed by atoms with Crippen LogP contribution in [0.25, 0.3) is 0 Å². The number of hydrogen-bond acceptors (Lipinski definition) is 4. The first-order valence-corrected chi connectivity index (χ1v) is 7.15. The number of amides is 2. The molecule has 1 aromatic rings. The minimum atomic E-state index is -4.52. The van der Waals surface area contributed by atoms with Gasteiger partial charge in [-0.05, 0) is 17.7 Å². The van der Waals surface area contributed by atoms with Crippen molar-refractivity contribution in [2.45, 2.75) is 25.1 Å². The summed E-state index contributed by atoms with van der Waals surface area (Å²) in [5, 5.41) is 16.7. The van der Waals surface area contributed by atoms with E-state index in [9.17, 15) is 27.9 Å². The smallest absolute Gasteiger partial charge is 0.394 e. The summed E-state index contributed by atoms with van der Waals surface area (Å²) in [4.78, 5) is 23.5. The number of nitrogens with zero attached hydrogens (tertiary/aromatic N) is 2. The molecule has 0 bridgehead atoms. The average Bonchev–Trinajstić information content (AvgIpc) is 2.54. The molecule has 2 N–H and O–H groups in total. The zero-order valence-electron chi connectivity index (χ0n) is 12.8. The van der Waals surface area contributed by atoms with Gasteiger partial charge in [-0.2, -0.15) is 18.3 Å². The SMILES string of the molecule is CN1N=C(C(=O)NC(CO)c2cccc(C(F)(F)F)c2)CCC1=O. The van der Waals surface area contributed by atoms with Gasteiger partial charge in [0.1, 0.15) is 5.71 Å².